The van der Waals surface area contributed by atoms with Gasteiger partial charge in [-0.1, -0.05) is 46.6 Å². The number of ether oxygens (including phenoxy) is 1. The molecule has 0 aromatic heterocycles. The molecule has 0 aliphatic carbocycles. The van der Waals surface area contributed by atoms with E-state index in [-0.39, 0.29) is 5.78 Å². The van der Waals surface area contributed by atoms with Gasteiger partial charge in [0.1, 0.15) is 5.75 Å². The lowest BCUT2D eigenvalue weighted by Gasteiger charge is -2.11. The molecule has 0 bridgehead atoms. The van der Waals surface area contributed by atoms with Gasteiger partial charge in [-0.2, -0.15) is 0 Å². The van der Waals surface area contributed by atoms with E-state index in [1.807, 2.05) is 19.1 Å². The van der Waals surface area contributed by atoms with Crippen LogP contribution in [0.2, 0.25) is 5.02 Å². The third-order valence-corrected chi connectivity index (χ3v) is 3.69. The van der Waals surface area contributed by atoms with Crippen LogP contribution in [0.1, 0.15) is 29.3 Å². The largest absolute Gasteiger partial charge is 0.493 e. The van der Waals surface area contributed by atoms with Crippen molar-refractivity contribution in [3.63, 3.8) is 0 Å². The van der Waals surface area contributed by atoms with Crippen molar-refractivity contribution in [3.05, 3.63) is 63.1 Å². The quantitative estimate of drug-likeness (QED) is 0.697. The highest BCUT2D eigenvalue weighted by Crippen LogP contribution is 2.27. The Balaban J connectivity index is 2.40. The molecule has 0 heterocycles. The van der Waals surface area contributed by atoms with Gasteiger partial charge in [0.2, 0.25) is 0 Å². The first-order valence-corrected chi connectivity index (χ1v) is 7.52. The smallest absolute Gasteiger partial charge is 0.197 e. The monoisotopic (exact) mass is 352 g/mol. The summed E-state index contributed by atoms with van der Waals surface area (Å²) >= 11 is 9.35. The molecule has 0 amide bonds. The van der Waals surface area contributed by atoms with E-state index in [9.17, 15) is 4.79 Å². The molecular weight excluding hydrogens is 340 g/mol. The van der Waals surface area contributed by atoms with Crippen LogP contribution in [0, 0.1) is 0 Å². The number of halogens is 2. The molecule has 104 valence electrons. The zero-order chi connectivity index (χ0) is 14.5. The first-order valence-electron chi connectivity index (χ1n) is 6.35. The molecule has 0 aliphatic rings. The second kappa shape index (κ2) is 6.91. The Hall–Kier alpha value is -1.32. The number of benzene rings is 2. The van der Waals surface area contributed by atoms with Gasteiger partial charge in [0.25, 0.3) is 0 Å². The van der Waals surface area contributed by atoms with Crippen molar-refractivity contribution < 1.29 is 9.53 Å². The number of ketones is 1. The van der Waals surface area contributed by atoms with E-state index in [0.29, 0.717) is 28.5 Å². The highest BCUT2D eigenvalue weighted by atomic mass is 79.9. The Bertz CT molecular complexity index is 626. The third kappa shape index (κ3) is 3.41. The average molecular weight is 354 g/mol. The molecule has 2 nitrogen and oxygen atoms in total. The average Bonchev–Trinajstić information content (AvgIpc) is 2.47. The van der Waals surface area contributed by atoms with Crippen LogP contribution in [0.5, 0.6) is 5.75 Å². The van der Waals surface area contributed by atoms with Crippen LogP contribution in [0.3, 0.4) is 0 Å². The van der Waals surface area contributed by atoms with Crippen molar-refractivity contribution in [2.75, 3.05) is 6.61 Å². The molecule has 2 rings (SSSR count). The van der Waals surface area contributed by atoms with E-state index in [0.717, 1.165) is 10.9 Å². The Morgan fingerprint density at radius 2 is 1.95 bits per heavy atom. The van der Waals surface area contributed by atoms with Crippen LogP contribution in [0.25, 0.3) is 0 Å². The molecule has 0 radical (unpaired) electrons. The van der Waals surface area contributed by atoms with Gasteiger partial charge in [0.05, 0.1) is 12.2 Å². The lowest BCUT2D eigenvalue weighted by molar-refractivity contribution is 0.103. The molecule has 20 heavy (non-hydrogen) atoms. The second-order valence-corrected chi connectivity index (χ2v) is 5.59. The van der Waals surface area contributed by atoms with Crippen LogP contribution < -0.4 is 4.74 Å². The predicted molar refractivity (Wildman–Crippen MR) is 84.8 cm³/mol. The summed E-state index contributed by atoms with van der Waals surface area (Å²) < 4.78 is 6.35. The molecule has 0 saturated carbocycles. The molecule has 2 aromatic rings. The van der Waals surface area contributed by atoms with Gasteiger partial charge in [-0.25, -0.2) is 0 Å². The van der Waals surface area contributed by atoms with Crippen molar-refractivity contribution in [2.45, 2.75) is 13.3 Å². The summed E-state index contributed by atoms with van der Waals surface area (Å²) in [5, 5.41) is 0.531. The number of carbonyl (C=O) groups excluding carboxylic acids is 1. The Labute approximate surface area is 131 Å². The Morgan fingerprint density at radius 1 is 1.20 bits per heavy atom. The summed E-state index contributed by atoms with van der Waals surface area (Å²) in [5.41, 5.74) is 1.08. The Morgan fingerprint density at radius 3 is 2.70 bits per heavy atom. The molecule has 0 fully saturated rings. The van der Waals surface area contributed by atoms with Gasteiger partial charge in [-0.15, -0.1) is 0 Å². The highest BCUT2D eigenvalue weighted by molar-refractivity contribution is 9.10. The fourth-order valence-electron chi connectivity index (χ4n) is 1.81. The minimum Gasteiger partial charge on any atom is -0.493 e. The summed E-state index contributed by atoms with van der Waals surface area (Å²) in [7, 11) is 0. The maximum atomic E-state index is 12.6. The number of hydrogen-bond acceptors (Lipinski definition) is 2. The molecule has 0 spiro atoms. The third-order valence-electron chi connectivity index (χ3n) is 2.77. The van der Waals surface area contributed by atoms with Crippen molar-refractivity contribution in [3.8, 4) is 5.75 Å². The molecule has 2 aromatic carbocycles. The molecule has 0 aliphatic heterocycles. The summed E-state index contributed by atoms with van der Waals surface area (Å²) in [6.45, 7) is 2.61. The van der Waals surface area contributed by atoms with Gasteiger partial charge >= 0.3 is 0 Å². The zero-order valence-corrected chi connectivity index (χ0v) is 13.4. The minimum absolute atomic E-state index is 0.105. The molecule has 0 N–H and O–H groups in total. The van der Waals surface area contributed by atoms with Crippen LogP contribution >= 0.6 is 27.5 Å². The minimum atomic E-state index is -0.105. The van der Waals surface area contributed by atoms with E-state index in [4.69, 9.17) is 16.3 Å². The van der Waals surface area contributed by atoms with Gasteiger partial charge in [-0.3, -0.25) is 4.79 Å². The topological polar surface area (TPSA) is 26.3 Å². The zero-order valence-electron chi connectivity index (χ0n) is 11.0. The molecule has 0 saturated heterocycles. The number of rotatable bonds is 5. The maximum absolute atomic E-state index is 12.6. The summed E-state index contributed by atoms with van der Waals surface area (Å²) in [5.74, 6) is 0.498. The predicted octanol–water partition coefficient (Wildman–Crippen LogP) is 5.12. The molecular formula is C16H14BrClO2. The van der Waals surface area contributed by atoms with Gasteiger partial charge in [0, 0.05) is 15.1 Å². The number of carbonyl (C=O) groups is 1. The fraction of sp³-hybridized carbons (Fsp3) is 0.188. The van der Waals surface area contributed by atoms with Crippen molar-refractivity contribution in [1.29, 1.82) is 0 Å². The first-order chi connectivity index (χ1) is 9.63. The fourth-order valence-corrected chi connectivity index (χ4v) is 2.41. The van der Waals surface area contributed by atoms with Crippen molar-refractivity contribution >= 4 is 33.3 Å². The van der Waals surface area contributed by atoms with Gasteiger partial charge in [-0.05, 0) is 36.8 Å². The summed E-state index contributed by atoms with van der Waals surface area (Å²) in [6.07, 6.45) is 0.892. The van der Waals surface area contributed by atoms with Crippen LogP contribution in [-0.4, -0.2) is 12.4 Å². The Kier molecular flexibility index (Phi) is 5.21. The van der Waals surface area contributed by atoms with E-state index < -0.39 is 0 Å². The number of para-hydroxylation sites is 1. The maximum Gasteiger partial charge on any atom is 0.197 e. The van der Waals surface area contributed by atoms with Crippen molar-refractivity contribution in [1.82, 2.24) is 0 Å². The molecule has 0 atom stereocenters. The van der Waals surface area contributed by atoms with Crippen LogP contribution in [-0.2, 0) is 0 Å². The van der Waals surface area contributed by atoms with E-state index in [2.05, 4.69) is 15.9 Å². The van der Waals surface area contributed by atoms with Crippen molar-refractivity contribution in [2.24, 2.45) is 0 Å². The SMILES string of the molecule is CCCOc1ccccc1C(=O)c1cc(Cl)ccc1Br. The summed E-state index contributed by atoms with van der Waals surface area (Å²) in [4.78, 5) is 12.6. The number of hydrogen-bond donors (Lipinski definition) is 0. The van der Waals surface area contributed by atoms with Crippen LogP contribution in [0.15, 0.2) is 46.9 Å². The van der Waals surface area contributed by atoms with Gasteiger partial charge < -0.3 is 4.74 Å². The standard InChI is InChI=1S/C16H14BrClO2/c1-2-9-20-15-6-4-3-5-12(15)16(19)13-10-11(18)7-8-14(13)17/h3-8,10H,2,9H2,1H3. The first kappa shape index (κ1) is 15.1. The van der Waals surface area contributed by atoms with Gasteiger partial charge in [0.15, 0.2) is 5.78 Å². The normalized spacial score (nSPS) is 10.3. The highest BCUT2D eigenvalue weighted by Gasteiger charge is 2.17. The van der Waals surface area contributed by atoms with E-state index in [1.165, 1.54) is 0 Å². The second-order valence-electron chi connectivity index (χ2n) is 4.30. The lowest BCUT2D eigenvalue weighted by atomic mass is 10.0. The lowest BCUT2D eigenvalue weighted by Crippen LogP contribution is -2.06. The summed E-state index contributed by atoms with van der Waals surface area (Å²) in [6, 6.07) is 12.4. The van der Waals surface area contributed by atoms with E-state index in [1.54, 1.807) is 30.3 Å². The molecule has 4 heteroatoms. The van der Waals surface area contributed by atoms with E-state index >= 15 is 0 Å². The van der Waals surface area contributed by atoms with Crippen LogP contribution in [0.4, 0.5) is 0 Å². The molecule has 0 unspecified atom stereocenters.